The average Bonchev–Trinajstić information content (AvgIpc) is 3.05. The molecule has 4 aromatic rings. The summed E-state index contributed by atoms with van der Waals surface area (Å²) in [6.45, 7) is 6.14. The first-order valence-electron chi connectivity index (χ1n) is 15.3. The van der Waals surface area contributed by atoms with Crippen molar-refractivity contribution in [3.63, 3.8) is 0 Å². The van der Waals surface area contributed by atoms with Gasteiger partial charge in [0, 0.05) is 24.2 Å². The number of hydrogen-bond donors (Lipinski definition) is 2. The van der Waals surface area contributed by atoms with Gasteiger partial charge in [-0.15, -0.1) is 0 Å². The van der Waals surface area contributed by atoms with Gasteiger partial charge in [0.15, 0.2) is 34.6 Å². The number of aromatic nitrogens is 1. The third kappa shape index (κ3) is 8.42. The molecule has 0 spiro atoms. The van der Waals surface area contributed by atoms with Crippen LogP contribution in [0, 0.1) is 11.7 Å². The molecule has 0 bridgehead atoms. The number of hydrazone groups is 1. The molecule has 1 aliphatic rings. The number of carbonyl (C=O) groups is 1. The van der Waals surface area contributed by atoms with E-state index in [1.165, 1.54) is 44.4 Å². The van der Waals surface area contributed by atoms with E-state index >= 15 is 4.39 Å². The molecule has 2 N–H and O–H groups in total. The van der Waals surface area contributed by atoms with Crippen LogP contribution in [0.15, 0.2) is 65.9 Å². The van der Waals surface area contributed by atoms with Crippen LogP contribution in [0.4, 0.5) is 4.39 Å². The summed E-state index contributed by atoms with van der Waals surface area (Å²) >= 11 is 0. The molecule has 10 nitrogen and oxygen atoms in total. The summed E-state index contributed by atoms with van der Waals surface area (Å²) in [5.41, 5.74) is 4.10. The van der Waals surface area contributed by atoms with Gasteiger partial charge in [0.1, 0.15) is 5.75 Å². The summed E-state index contributed by atoms with van der Waals surface area (Å²) in [4.78, 5) is 19.3. The predicted octanol–water partition coefficient (Wildman–Crippen LogP) is 6.08. The van der Waals surface area contributed by atoms with E-state index in [-0.39, 0.29) is 23.7 Å². The topological polar surface area (TPSA) is 115 Å². The van der Waals surface area contributed by atoms with Gasteiger partial charge in [0.2, 0.25) is 5.91 Å². The van der Waals surface area contributed by atoms with E-state index in [1.807, 2.05) is 6.07 Å². The van der Waals surface area contributed by atoms with Gasteiger partial charge in [-0.3, -0.25) is 9.78 Å². The minimum atomic E-state index is -0.620. The highest BCUT2D eigenvalue weighted by atomic mass is 19.1. The predicted molar refractivity (Wildman–Crippen MR) is 174 cm³/mol. The van der Waals surface area contributed by atoms with Crippen LogP contribution in [0.5, 0.6) is 34.5 Å². The maximum absolute atomic E-state index is 15.1. The second kappa shape index (κ2) is 15.4. The van der Waals surface area contributed by atoms with Gasteiger partial charge in [0.25, 0.3) is 0 Å². The second-order valence-corrected chi connectivity index (χ2v) is 11.3. The highest BCUT2D eigenvalue weighted by Crippen LogP contribution is 2.37. The first-order valence-corrected chi connectivity index (χ1v) is 15.3. The summed E-state index contributed by atoms with van der Waals surface area (Å²) in [5, 5.41) is 14.3. The number of fused-ring (bicyclic) bond motifs is 1. The summed E-state index contributed by atoms with van der Waals surface area (Å²) in [6, 6.07) is 14.3. The molecule has 1 saturated heterocycles. The van der Waals surface area contributed by atoms with Crippen LogP contribution in [-0.2, 0) is 11.2 Å². The number of nitrogens with zero attached hydrogens (tertiary/aromatic N) is 3. The highest BCUT2D eigenvalue weighted by Gasteiger charge is 2.17. The van der Waals surface area contributed by atoms with Gasteiger partial charge >= 0.3 is 0 Å². The van der Waals surface area contributed by atoms with Gasteiger partial charge in [-0.2, -0.15) is 5.10 Å². The van der Waals surface area contributed by atoms with Crippen LogP contribution in [0.25, 0.3) is 10.9 Å². The second-order valence-electron chi connectivity index (χ2n) is 11.3. The molecule has 0 aliphatic carbocycles. The van der Waals surface area contributed by atoms with Crippen LogP contribution in [0.3, 0.4) is 0 Å². The van der Waals surface area contributed by atoms with Gasteiger partial charge in [-0.1, -0.05) is 13.0 Å². The SMILES string of the molecule is COc1cc(/C=N/NC(=O)Cc2ccc(Oc3ccnc4cc(OCCCN5CCC(C)CC5)c(OC)cc34)c(F)c2)ccc1O. The number of benzene rings is 3. The van der Waals surface area contributed by atoms with E-state index < -0.39 is 11.7 Å². The zero-order valence-electron chi connectivity index (χ0n) is 26.3. The number of likely N-dealkylation sites (tertiary alicyclic amines) is 1. The maximum atomic E-state index is 15.1. The minimum absolute atomic E-state index is 0.00216. The zero-order valence-corrected chi connectivity index (χ0v) is 26.3. The molecule has 46 heavy (non-hydrogen) atoms. The number of rotatable bonds is 13. The lowest BCUT2D eigenvalue weighted by molar-refractivity contribution is -0.120. The Morgan fingerprint density at radius 3 is 2.59 bits per heavy atom. The van der Waals surface area contributed by atoms with Crippen LogP contribution >= 0.6 is 0 Å². The molecular weight excluding hydrogens is 591 g/mol. The molecule has 0 unspecified atom stereocenters. The molecule has 0 radical (unpaired) electrons. The molecule has 2 heterocycles. The highest BCUT2D eigenvalue weighted by molar-refractivity contribution is 5.88. The normalized spacial score (nSPS) is 14.0. The van der Waals surface area contributed by atoms with Crippen LogP contribution < -0.4 is 24.4 Å². The Morgan fingerprint density at radius 1 is 1.02 bits per heavy atom. The number of methoxy groups -OCH3 is 2. The van der Waals surface area contributed by atoms with Crippen molar-refractivity contribution in [3.05, 3.63) is 77.7 Å². The Kier molecular flexibility index (Phi) is 10.9. The van der Waals surface area contributed by atoms with E-state index in [1.54, 1.807) is 43.6 Å². The van der Waals surface area contributed by atoms with Crippen LogP contribution in [0.2, 0.25) is 0 Å². The molecule has 1 fully saturated rings. The Bertz CT molecular complexity index is 1690. The molecule has 0 atom stereocenters. The molecule has 11 heteroatoms. The number of pyridine rings is 1. The van der Waals surface area contributed by atoms with Gasteiger partial charge < -0.3 is 29.0 Å². The van der Waals surface area contributed by atoms with Crippen molar-refractivity contribution < 1.29 is 33.2 Å². The summed E-state index contributed by atoms with van der Waals surface area (Å²) in [7, 11) is 3.01. The number of halogens is 1. The van der Waals surface area contributed by atoms with Gasteiger partial charge in [0.05, 0.1) is 39.0 Å². The van der Waals surface area contributed by atoms with Gasteiger partial charge in [-0.25, -0.2) is 9.82 Å². The number of nitrogens with one attached hydrogen (secondary N) is 1. The van der Waals surface area contributed by atoms with Crippen LogP contribution in [0.1, 0.15) is 37.3 Å². The first-order chi connectivity index (χ1) is 22.3. The van der Waals surface area contributed by atoms with Crippen molar-refractivity contribution in [1.82, 2.24) is 15.3 Å². The number of hydrogen-bond acceptors (Lipinski definition) is 9. The maximum Gasteiger partial charge on any atom is 0.244 e. The fourth-order valence-electron chi connectivity index (χ4n) is 5.28. The minimum Gasteiger partial charge on any atom is -0.504 e. The lowest BCUT2D eigenvalue weighted by Gasteiger charge is -2.30. The zero-order chi connectivity index (χ0) is 32.5. The molecule has 1 aromatic heterocycles. The number of phenolic OH excluding ortho intramolecular Hbond substituents is 1. The van der Waals surface area contributed by atoms with Crippen molar-refractivity contribution in [2.24, 2.45) is 11.0 Å². The lowest BCUT2D eigenvalue weighted by atomic mass is 9.99. The Labute approximate surface area is 267 Å². The van der Waals surface area contributed by atoms with Crippen molar-refractivity contribution >= 4 is 23.0 Å². The third-order valence-corrected chi connectivity index (χ3v) is 7.93. The Hall–Kier alpha value is -4.90. The first kappa shape index (κ1) is 32.5. The quantitative estimate of drug-likeness (QED) is 0.104. The monoisotopic (exact) mass is 630 g/mol. The standard InChI is InChI=1S/C35H39FN4O6/c1-23-10-14-40(15-11-23)13-4-16-45-34-21-28-26(20-33(34)44-3)30(9-12-37-28)46-31-8-6-24(17-27(31)36)19-35(42)39-38-22-25-5-7-29(41)32(18-25)43-2/h5-9,12,17-18,20-23,41H,4,10-11,13-16,19H2,1-3H3,(H,39,42)/b38-22+. The van der Waals surface area contributed by atoms with E-state index in [0.717, 1.165) is 32.0 Å². The number of aromatic hydroxyl groups is 1. The van der Waals surface area contributed by atoms with Crippen molar-refractivity contribution in [3.8, 4) is 34.5 Å². The molecular formula is C35H39FN4O6. The van der Waals surface area contributed by atoms with E-state index in [9.17, 15) is 9.90 Å². The summed E-state index contributed by atoms with van der Waals surface area (Å²) < 4.78 is 37.8. The largest absolute Gasteiger partial charge is 0.504 e. The summed E-state index contributed by atoms with van der Waals surface area (Å²) in [6.07, 6.45) is 6.32. The average molecular weight is 631 g/mol. The number of carbonyl (C=O) groups excluding carboxylic acids is 1. The molecule has 242 valence electrons. The lowest BCUT2D eigenvalue weighted by Crippen LogP contribution is -2.34. The van der Waals surface area contributed by atoms with E-state index in [0.29, 0.717) is 45.9 Å². The number of amides is 1. The number of ether oxygens (including phenoxy) is 4. The number of piperidine rings is 1. The van der Waals surface area contributed by atoms with Crippen molar-refractivity contribution in [1.29, 1.82) is 0 Å². The van der Waals surface area contributed by atoms with Crippen LogP contribution in [-0.4, -0.2) is 67.6 Å². The molecule has 0 saturated carbocycles. The van der Waals surface area contributed by atoms with Crippen molar-refractivity contribution in [2.75, 3.05) is 40.5 Å². The third-order valence-electron chi connectivity index (χ3n) is 7.93. The fraction of sp³-hybridized carbons (Fsp3) is 0.343. The Balaban J connectivity index is 1.19. The molecule has 1 aliphatic heterocycles. The number of phenols is 1. The van der Waals surface area contributed by atoms with Crippen molar-refractivity contribution in [2.45, 2.75) is 32.6 Å². The molecule has 3 aromatic carbocycles. The molecule has 1 amide bonds. The fourth-order valence-corrected chi connectivity index (χ4v) is 5.28. The summed E-state index contributed by atoms with van der Waals surface area (Å²) in [5.74, 6) is 1.57. The smallest absolute Gasteiger partial charge is 0.244 e. The Morgan fingerprint density at radius 2 is 1.83 bits per heavy atom. The van der Waals surface area contributed by atoms with Gasteiger partial charge in [-0.05, 0) is 91.9 Å². The molecule has 5 rings (SSSR count). The van der Waals surface area contributed by atoms with E-state index in [4.69, 9.17) is 18.9 Å². The van der Waals surface area contributed by atoms with E-state index in [2.05, 4.69) is 27.3 Å².